The van der Waals surface area contributed by atoms with E-state index in [2.05, 4.69) is 4.98 Å². The zero-order valence-electron chi connectivity index (χ0n) is 7.81. The van der Waals surface area contributed by atoms with Gasteiger partial charge in [0.05, 0.1) is 17.3 Å². The van der Waals surface area contributed by atoms with Crippen LogP contribution in [0.1, 0.15) is 5.56 Å². The van der Waals surface area contributed by atoms with Gasteiger partial charge in [0, 0.05) is 11.8 Å². The van der Waals surface area contributed by atoms with Crippen LogP contribution >= 0.6 is 0 Å². The Morgan fingerprint density at radius 3 is 2.53 bits per heavy atom. The number of aromatic nitrogens is 1. The maximum atomic E-state index is 12.7. The fourth-order valence-electron chi connectivity index (χ4n) is 1.28. The van der Waals surface area contributed by atoms with Gasteiger partial charge in [-0.1, -0.05) is 0 Å². The summed E-state index contributed by atoms with van der Waals surface area (Å²) in [6.07, 6.45) is 1.57. The molecule has 0 spiro atoms. The standard InChI is InChI=1S/C12H7FN2/c13-11-3-1-10(2-4-11)12-7-9(8-14)5-6-15-12/h1-7H. The highest BCUT2D eigenvalue weighted by Gasteiger charge is 2.00. The van der Waals surface area contributed by atoms with E-state index >= 15 is 0 Å². The third-order valence-corrected chi connectivity index (χ3v) is 2.03. The normalized spacial score (nSPS) is 9.60. The van der Waals surface area contributed by atoms with Gasteiger partial charge in [-0.25, -0.2) is 4.39 Å². The fraction of sp³-hybridized carbons (Fsp3) is 0. The van der Waals surface area contributed by atoms with Crippen LogP contribution < -0.4 is 0 Å². The summed E-state index contributed by atoms with van der Waals surface area (Å²) in [5.74, 6) is -0.282. The van der Waals surface area contributed by atoms with Crippen molar-refractivity contribution >= 4 is 0 Å². The smallest absolute Gasteiger partial charge is 0.123 e. The summed E-state index contributed by atoms with van der Waals surface area (Å²) in [5, 5.41) is 8.72. The van der Waals surface area contributed by atoms with E-state index in [1.807, 2.05) is 6.07 Å². The minimum absolute atomic E-state index is 0.282. The van der Waals surface area contributed by atoms with Crippen LogP contribution in [0.2, 0.25) is 0 Å². The molecule has 0 saturated carbocycles. The van der Waals surface area contributed by atoms with Crippen LogP contribution in [0.3, 0.4) is 0 Å². The van der Waals surface area contributed by atoms with Crippen molar-refractivity contribution < 1.29 is 4.39 Å². The molecule has 2 nitrogen and oxygen atoms in total. The number of halogens is 1. The highest BCUT2D eigenvalue weighted by atomic mass is 19.1. The molecule has 0 fully saturated rings. The van der Waals surface area contributed by atoms with Gasteiger partial charge in [-0.15, -0.1) is 0 Å². The van der Waals surface area contributed by atoms with Gasteiger partial charge in [-0.2, -0.15) is 5.26 Å². The van der Waals surface area contributed by atoms with E-state index in [0.29, 0.717) is 11.3 Å². The van der Waals surface area contributed by atoms with E-state index in [-0.39, 0.29) is 5.82 Å². The van der Waals surface area contributed by atoms with E-state index in [4.69, 9.17) is 5.26 Å². The first kappa shape index (κ1) is 9.35. The van der Waals surface area contributed by atoms with Crippen LogP contribution in [0, 0.1) is 17.1 Å². The number of hydrogen-bond acceptors (Lipinski definition) is 2. The van der Waals surface area contributed by atoms with Crippen LogP contribution in [-0.4, -0.2) is 4.98 Å². The van der Waals surface area contributed by atoms with E-state index in [1.165, 1.54) is 12.1 Å². The molecule has 1 aromatic heterocycles. The summed E-state index contributed by atoms with van der Waals surface area (Å²) in [4.78, 5) is 4.11. The van der Waals surface area contributed by atoms with E-state index < -0.39 is 0 Å². The summed E-state index contributed by atoms with van der Waals surface area (Å²) in [7, 11) is 0. The SMILES string of the molecule is N#Cc1ccnc(-c2ccc(F)cc2)c1. The van der Waals surface area contributed by atoms with Crippen LogP contribution in [0.5, 0.6) is 0 Å². The summed E-state index contributed by atoms with van der Waals surface area (Å²) in [6.45, 7) is 0. The highest BCUT2D eigenvalue weighted by molar-refractivity contribution is 5.60. The van der Waals surface area contributed by atoms with E-state index in [1.54, 1.807) is 30.5 Å². The summed E-state index contributed by atoms with van der Waals surface area (Å²) in [5.41, 5.74) is 2.02. The minimum Gasteiger partial charge on any atom is -0.256 e. The average Bonchev–Trinajstić information content (AvgIpc) is 2.30. The molecule has 0 aliphatic rings. The molecule has 0 saturated heterocycles. The van der Waals surface area contributed by atoms with Crippen LogP contribution in [0.25, 0.3) is 11.3 Å². The number of nitrogens with zero attached hydrogens (tertiary/aromatic N) is 2. The van der Waals surface area contributed by atoms with E-state index in [0.717, 1.165) is 5.56 Å². The van der Waals surface area contributed by atoms with Gasteiger partial charge in [0.1, 0.15) is 5.82 Å². The molecule has 2 rings (SSSR count). The fourth-order valence-corrected chi connectivity index (χ4v) is 1.28. The van der Waals surface area contributed by atoms with Crippen molar-refractivity contribution in [2.75, 3.05) is 0 Å². The van der Waals surface area contributed by atoms with Crippen molar-refractivity contribution in [3.63, 3.8) is 0 Å². The summed E-state index contributed by atoms with van der Waals surface area (Å²) >= 11 is 0. The van der Waals surface area contributed by atoms with Gasteiger partial charge in [0.2, 0.25) is 0 Å². The first-order valence-electron chi connectivity index (χ1n) is 4.42. The highest BCUT2D eigenvalue weighted by Crippen LogP contribution is 2.17. The molecule has 2 aromatic rings. The molecule has 0 amide bonds. The molecule has 0 atom stereocenters. The van der Waals surface area contributed by atoms with Gasteiger partial charge in [-0.3, -0.25) is 4.98 Å². The van der Waals surface area contributed by atoms with Gasteiger partial charge in [-0.05, 0) is 36.4 Å². The number of pyridine rings is 1. The maximum absolute atomic E-state index is 12.7. The molecule has 3 heteroatoms. The van der Waals surface area contributed by atoms with Crippen molar-refractivity contribution in [1.29, 1.82) is 5.26 Å². The molecule has 15 heavy (non-hydrogen) atoms. The molecule has 0 aliphatic carbocycles. The molecule has 1 heterocycles. The average molecular weight is 198 g/mol. The van der Waals surface area contributed by atoms with Crippen molar-refractivity contribution in [2.45, 2.75) is 0 Å². The lowest BCUT2D eigenvalue weighted by Gasteiger charge is -2.00. The van der Waals surface area contributed by atoms with Gasteiger partial charge >= 0.3 is 0 Å². The Morgan fingerprint density at radius 1 is 1.13 bits per heavy atom. The topological polar surface area (TPSA) is 36.7 Å². The molecular weight excluding hydrogens is 191 g/mol. The van der Waals surface area contributed by atoms with Crippen molar-refractivity contribution in [3.05, 3.63) is 54.0 Å². The van der Waals surface area contributed by atoms with Gasteiger partial charge in [0.15, 0.2) is 0 Å². The van der Waals surface area contributed by atoms with Crippen LogP contribution in [0.15, 0.2) is 42.6 Å². The maximum Gasteiger partial charge on any atom is 0.123 e. The number of nitriles is 1. The molecule has 0 radical (unpaired) electrons. The Balaban J connectivity index is 2.46. The first-order valence-corrected chi connectivity index (χ1v) is 4.42. The Kier molecular flexibility index (Phi) is 2.42. The number of hydrogen-bond donors (Lipinski definition) is 0. The Bertz CT molecular complexity index is 512. The molecule has 72 valence electrons. The number of rotatable bonds is 1. The summed E-state index contributed by atoms with van der Waals surface area (Å²) < 4.78 is 12.7. The molecule has 0 bridgehead atoms. The zero-order chi connectivity index (χ0) is 10.7. The molecule has 0 N–H and O–H groups in total. The second-order valence-corrected chi connectivity index (χ2v) is 3.05. The second kappa shape index (κ2) is 3.89. The second-order valence-electron chi connectivity index (χ2n) is 3.05. The first-order chi connectivity index (χ1) is 7.29. The predicted octanol–water partition coefficient (Wildman–Crippen LogP) is 2.76. The minimum atomic E-state index is -0.282. The Hall–Kier alpha value is -2.21. The Morgan fingerprint density at radius 2 is 1.87 bits per heavy atom. The van der Waals surface area contributed by atoms with Crippen LogP contribution in [0.4, 0.5) is 4.39 Å². The van der Waals surface area contributed by atoms with Crippen molar-refractivity contribution in [3.8, 4) is 17.3 Å². The van der Waals surface area contributed by atoms with Crippen molar-refractivity contribution in [1.82, 2.24) is 4.98 Å². The zero-order valence-corrected chi connectivity index (χ0v) is 7.81. The monoisotopic (exact) mass is 198 g/mol. The quantitative estimate of drug-likeness (QED) is 0.706. The number of benzene rings is 1. The Labute approximate surface area is 86.6 Å². The molecule has 1 aromatic carbocycles. The molecule has 0 aliphatic heterocycles. The lowest BCUT2D eigenvalue weighted by Crippen LogP contribution is -1.85. The van der Waals surface area contributed by atoms with Crippen molar-refractivity contribution in [2.24, 2.45) is 0 Å². The van der Waals surface area contributed by atoms with Gasteiger partial charge < -0.3 is 0 Å². The third-order valence-electron chi connectivity index (χ3n) is 2.03. The third kappa shape index (κ3) is 2.00. The summed E-state index contributed by atoms with van der Waals surface area (Å²) in [6, 6.07) is 11.4. The largest absolute Gasteiger partial charge is 0.256 e. The predicted molar refractivity (Wildman–Crippen MR) is 54.3 cm³/mol. The lowest BCUT2D eigenvalue weighted by atomic mass is 10.1. The van der Waals surface area contributed by atoms with Crippen LogP contribution in [-0.2, 0) is 0 Å². The molecular formula is C12H7FN2. The van der Waals surface area contributed by atoms with E-state index in [9.17, 15) is 4.39 Å². The lowest BCUT2D eigenvalue weighted by molar-refractivity contribution is 0.628. The van der Waals surface area contributed by atoms with Gasteiger partial charge in [0.25, 0.3) is 0 Å². The molecule has 0 unspecified atom stereocenters.